The van der Waals surface area contributed by atoms with Crippen LogP contribution in [0.2, 0.25) is 0 Å². The molecule has 7 nitrogen and oxygen atoms in total. The van der Waals surface area contributed by atoms with Crippen molar-refractivity contribution in [2.45, 2.75) is 11.3 Å². The van der Waals surface area contributed by atoms with Gasteiger partial charge in [0.2, 0.25) is 10.0 Å². The smallest absolute Gasteiger partial charge is 0.337 e. The summed E-state index contributed by atoms with van der Waals surface area (Å²) in [6, 6.07) is 4.05. The van der Waals surface area contributed by atoms with Crippen LogP contribution >= 0.6 is 0 Å². The molecule has 0 saturated heterocycles. The second kappa shape index (κ2) is 7.96. The van der Waals surface area contributed by atoms with Crippen LogP contribution in [0.4, 0.5) is 0 Å². The summed E-state index contributed by atoms with van der Waals surface area (Å²) in [6.07, 6.45) is 0.665. The Morgan fingerprint density at radius 2 is 1.95 bits per heavy atom. The Labute approximate surface area is 124 Å². The van der Waals surface area contributed by atoms with Gasteiger partial charge in [-0.25, -0.2) is 17.9 Å². The summed E-state index contributed by atoms with van der Waals surface area (Å²) in [7, 11) is 0.704. The number of methoxy groups -OCH3 is 2. The quantitative estimate of drug-likeness (QED) is 0.531. The van der Waals surface area contributed by atoms with E-state index in [-0.39, 0.29) is 16.2 Å². The highest BCUT2D eigenvalue weighted by atomic mass is 32.2. The molecular weight excluding hydrogens is 296 g/mol. The Morgan fingerprint density at radius 3 is 2.52 bits per heavy atom. The fourth-order valence-electron chi connectivity index (χ4n) is 1.68. The molecule has 0 spiro atoms. The second-order valence-electron chi connectivity index (χ2n) is 4.21. The number of hydrogen-bond acceptors (Lipinski definition) is 6. The predicted octanol–water partition coefficient (Wildman–Crippen LogP) is 0.370. The molecule has 8 heteroatoms. The van der Waals surface area contributed by atoms with Gasteiger partial charge in [0.1, 0.15) is 10.6 Å². The lowest BCUT2D eigenvalue weighted by molar-refractivity contribution is 0.0600. The van der Waals surface area contributed by atoms with Gasteiger partial charge in [0.15, 0.2) is 0 Å². The van der Waals surface area contributed by atoms with Crippen LogP contribution in [-0.2, 0) is 14.8 Å². The lowest BCUT2D eigenvalue weighted by Crippen LogP contribution is -2.27. The molecule has 0 unspecified atom stereocenters. The molecule has 0 radical (unpaired) electrons. The van der Waals surface area contributed by atoms with Crippen molar-refractivity contribution >= 4 is 16.0 Å². The van der Waals surface area contributed by atoms with E-state index in [4.69, 9.17) is 4.74 Å². The van der Waals surface area contributed by atoms with E-state index in [0.29, 0.717) is 19.5 Å². The van der Waals surface area contributed by atoms with Crippen LogP contribution in [-0.4, -0.2) is 48.7 Å². The van der Waals surface area contributed by atoms with Crippen molar-refractivity contribution in [1.82, 2.24) is 10.0 Å². The zero-order valence-corrected chi connectivity index (χ0v) is 13.1. The molecule has 1 rings (SSSR count). The second-order valence-corrected chi connectivity index (χ2v) is 5.95. The van der Waals surface area contributed by atoms with Gasteiger partial charge in [0.05, 0.1) is 19.8 Å². The standard InChI is InChI=1S/C13H20N2O5S/c1-14-7-4-8-15-21(17,18)12-6-5-10(13(16)20-3)9-11(12)19-2/h5-6,9,14-15H,4,7-8H2,1-3H3. The van der Waals surface area contributed by atoms with Gasteiger partial charge < -0.3 is 14.8 Å². The fraction of sp³-hybridized carbons (Fsp3) is 0.462. The minimum Gasteiger partial charge on any atom is -0.495 e. The first-order valence-corrected chi connectivity index (χ1v) is 7.85. The van der Waals surface area contributed by atoms with Gasteiger partial charge in [-0.15, -0.1) is 0 Å². The molecule has 0 fully saturated rings. The minimum atomic E-state index is -3.69. The first kappa shape index (κ1) is 17.4. The summed E-state index contributed by atoms with van der Waals surface area (Å²) in [5.41, 5.74) is 0.225. The Hall–Kier alpha value is -1.64. The molecule has 1 aromatic carbocycles. The molecule has 0 aliphatic rings. The molecule has 0 aromatic heterocycles. The normalized spacial score (nSPS) is 11.2. The molecule has 2 N–H and O–H groups in total. The molecule has 1 aromatic rings. The number of esters is 1. The van der Waals surface area contributed by atoms with Crippen LogP contribution < -0.4 is 14.8 Å². The van der Waals surface area contributed by atoms with Crippen LogP contribution in [0.15, 0.2) is 23.1 Å². The third kappa shape index (κ3) is 4.69. The highest BCUT2D eigenvalue weighted by molar-refractivity contribution is 7.89. The minimum absolute atomic E-state index is 0.0119. The van der Waals surface area contributed by atoms with Crippen molar-refractivity contribution in [2.75, 3.05) is 34.4 Å². The van der Waals surface area contributed by atoms with E-state index in [1.807, 2.05) is 0 Å². The van der Waals surface area contributed by atoms with E-state index in [1.165, 1.54) is 32.4 Å². The van der Waals surface area contributed by atoms with E-state index in [0.717, 1.165) is 0 Å². The summed E-state index contributed by atoms with van der Waals surface area (Å²) in [4.78, 5) is 11.4. The average Bonchev–Trinajstić information content (AvgIpc) is 2.50. The number of sulfonamides is 1. The summed E-state index contributed by atoms with van der Waals surface area (Å²) in [6.45, 7) is 1.02. The van der Waals surface area contributed by atoms with E-state index in [2.05, 4.69) is 14.8 Å². The summed E-state index contributed by atoms with van der Waals surface area (Å²) in [5, 5.41) is 2.93. The van der Waals surface area contributed by atoms with Crippen LogP contribution in [0.25, 0.3) is 0 Å². The first-order valence-electron chi connectivity index (χ1n) is 6.37. The van der Waals surface area contributed by atoms with Crippen molar-refractivity contribution in [1.29, 1.82) is 0 Å². The third-order valence-corrected chi connectivity index (χ3v) is 4.27. The average molecular weight is 316 g/mol. The van der Waals surface area contributed by atoms with Gasteiger partial charge >= 0.3 is 5.97 Å². The highest BCUT2D eigenvalue weighted by Crippen LogP contribution is 2.25. The maximum atomic E-state index is 12.2. The van der Waals surface area contributed by atoms with Gasteiger partial charge in [-0.05, 0) is 38.2 Å². The first-order chi connectivity index (χ1) is 9.96. The van der Waals surface area contributed by atoms with Crippen LogP contribution in [0.5, 0.6) is 5.75 Å². The Bertz CT molecular complexity index is 586. The summed E-state index contributed by atoms with van der Waals surface area (Å²) >= 11 is 0. The van der Waals surface area contributed by atoms with Gasteiger partial charge in [0, 0.05) is 6.54 Å². The number of carbonyl (C=O) groups excluding carboxylic acids is 1. The predicted molar refractivity (Wildman–Crippen MR) is 78.1 cm³/mol. The van der Waals surface area contributed by atoms with Crippen molar-refractivity contribution in [3.63, 3.8) is 0 Å². The lowest BCUT2D eigenvalue weighted by atomic mass is 10.2. The molecule has 21 heavy (non-hydrogen) atoms. The van der Waals surface area contributed by atoms with E-state index in [9.17, 15) is 13.2 Å². The number of benzene rings is 1. The Balaban J connectivity index is 2.98. The molecule has 0 saturated carbocycles. The van der Waals surface area contributed by atoms with Gasteiger partial charge in [-0.1, -0.05) is 0 Å². The number of hydrogen-bond donors (Lipinski definition) is 2. The maximum absolute atomic E-state index is 12.2. The van der Waals surface area contributed by atoms with Crippen LogP contribution in [0.1, 0.15) is 16.8 Å². The molecule has 0 bridgehead atoms. The zero-order chi connectivity index (χ0) is 15.9. The number of ether oxygens (including phenoxy) is 2. The molecule has 0 atom stereocenters. The largest absolute Gasteiger partial charge is 0.495 e. The fourth-order valence-corrected chi connectivity index (χ4v) is 2.91. The maximum Gasteiger partial charge on any atom is 0.337 e. The van der Waals surface area contributed by atoms with E-state index >= 15 is 0 Å². The molecule has 0 heterocycles. The Kier molecular flexibility index (Phi) is 6.60. The highest BCUT2D eigenvalue weighted by Gasteiger charge is 2.20. The number of rotatable bonds is 8. The molecule has 118 valence electrons. The summed E-state index contributed by atoms with van der Waals surface area (Å²) < 4.78 is 36.5. The van der Waals surface area contributed by atoms with Crippen LogP contribution in [0.3, 0.4) is 0 Å². The van der Waals surface area contributed by atoms with Gasteiger partial charge in [-0.3, -0.25) is 0 Å². The summed E-state index contributed by atoms with van der Waals surface area (Å²) in [5.74, 6) is -0.460. The van der Waals surface area contributed by atoms with Gasteiger partial charge in [0.25, 0.3) is 0 Å². The van der Waals surface area contributed by atoms with Crippen molar-refractivity contribution in [3.05, 3.63) is 23.8 Å². The Morgan fingerprint density at radius 1 is 1.24 bits per heavy atom. The molecular formula is C13H20N2O5S. The zero-order valence-electron chi connectivity index (χ0n) is 12.3. The topological polar surface area (TPSA) is 93.7 Å². The van der Waals surface area contributed by atoms with Gasteiger partial charge in [-0.2, -0.15) is 0 Å². The number of nitrogens with one attached hydrogen (secondary N) is 2. The SMILES string of the molecule is CNCCCNS(=O)(=O)c1ccc(C(=O)OC)cc1OC. The van der Waals surface area contributed by atoms with Crippen molar-refractivity contribution in [2.24, 2.45) is 0 Å². The van der Waals surface area contributed by atoms with Crippen LogP contribution in [0, 0.1) is 0 Å². The number of carbonyl (C=O) groups is 1. The lowest BCUT2D eigenvalue weighted by Gasteiger charge is -2.11. The third-order valence-electron chi connectivity index (χ3n) is 2.77. The molecule has 0 amide bonds. The molecule has 0 aliphatic carbocycles. The van der Waals surface area contributed by atoms with E-state index < -0.39 is 16.0 Å². The monoisotopic (exact) mass is 316 g/mol. The van der Waals surface area contributed by atoms with Crippen molar-refractivity contribution in [3.8, 4) is 5.75 Å². The molecule has 0 aliphatic heterocycles. The van der Waals surface area contributed by atoms with E-state index in [1.54, 1.807) is 7.05 Å². The van der Waals surface area contributed by atoms with Crippen molar-refractivity contribution < 1.29 is 22.7 Å².